The van der Waals surface area contributed by atoms with Gasteiger partial charge in [-0.25, -0.2) is 0 Å². The SMILES string of the molecule is COC(=O)C1C=CC(C(=O)OC)C(C(=O)OC)C1.COC(=O)C1CCC(C(=O)OC)C(C(=O)OC)C1. The van der Waals surface area contributed by atoms with Crippen molar-refractivity contribution in [3.8, 4) is 0 Å². The molecule has 2 aliphatic carbocycles. The topological polar surface area (TPSA) is 158 Å². The predicted octanol–water partition coefficient (Wildman–Crippen LogP) is 0.852. The number of carbonyl (C=O) groups is 6. The van der Waals surface area contributed by atoms with Crippen LogP contribution >= 0.6 is 0 Å². The van der Waals surface area contributed by atoms with Gasteiger partial charge in [0.1, 0.15) is 0 Å². The lowest BCUT2D eigenvalue weighted by atomic mass is 9.74. The van der Waals surface area contributed by atoms with Crippen LogP contribution in [-0.4, -0.2) is 78.5 Å². The molecular weight excluding hydrogens is 480 g/mol. The summed E-state index contributed by atoms with van der Waals surface area (Å²) in [5, 5.41) is 0. The molecule has 36 heavy (non-hydrogen) atoms. The molecular formula is C24H34O12. The zero-order valence-corrected chi connectivity index (χ0v) is 21.3. The van der Waals surface area contributed by atoms with Gasteiger partial charge in [0.05, 0.1) is 78.2 Å². The summed E-state index contributed by atoms with van der Waals surface area (Å²) in [6, 6.07) is 0. The van der Waals surface area contributed by atoms with Crippen LogP contribution in [0.4, 0.5) is 0 Å². The molecule has 1 fully saturated rings. The van der Waals surface area contributed by atoms with Crippen LogP contribution in [-0.2, 0) is 57.2 Å². The molecule has 0 amide bonds. The van der Waals surface area contributed by atoms with Gasteiger partial charge in [-0.05, 0) is 25.7 Å². The highest BCUT2D eigenvalue weighted by atomic mass is 16.5. The third-order valence-corrected chi connectivity index (χ3v) is 6.37. The maximum absolute atomic E-state index is 11.7. The average Bonchev–Trinajstić information content (AvgIpc) is 2.93. The Hall–Kier alpha value is -3.44. The van der Waals surface area contributed by atoms with Crippen molar-refractivity contribution in [2.24, 2.45) is 35.5 Å². The van der Waals surface area contributed by atoms with Gasteiger partial charge in [0.15, 0.2) is 0 Å². The first-order valence-electron chi connectivity index (χ1n) is 11.2. The summed E-state index contributed by atoms with van der Waals surface area (Å²) in [5.41, 5.74) is 0. The molecule has 0 aromatic carbocycles. The monoisotopic (exact) mass is 514 g/mol. The lowest BCUT2D eigenvalue weighted by molar-refractivity contribution is -0.163. The first kappa shape index (κ1) is 30.6. The number of ether oxygens (including phenoxy) is 6. The fraction of sp³-hybridized carbons (Fsp3) is 0.667. The summed E-state index contributed by atoms with van der Waals surface area (Å²) in [6.07, 6.45) is 4.44. The second kappa shape index (κ2) is 14.8. The smallest absolute Gasteiger partial charge is 0.313 e. The third-order valence-electron chi connectivity index (χ3n) is 6.37. The molecule has 0 aliphatic heterocycles. The van der Waals surface area contributed by atoms with E-state index in [0.29, 0.717) is 12.8 Å². The Morgan fingerprint density at radius 1 is 0.500 bits per heavy atom. The normalized spacial score (nSPS) is 26.7. The van der Waals surface area contributed by atoms with Gasteiger partial charge in [0.2, 0.25) is 0 Å². The van der Waals surface area contributed by atoms with E-state index in [2.05, 4.69) is 28.4 Å². The van der Waals surface area contributed by atoms with E-state index in [1.807, 2.05) is 0 Å². The zero-order chi connectivity index (χ0) is 27.4. The molecule has 0 aromatic rings. The Kier molecular flexibility index (Phi) is 12.6. The van der Waals surface area contributed by atoms with Crippen LogP contribution in [0.3, 0.4) is 0 Å². The summed E-state index contributed by atoms with van der Waals surface area (Å²) in [4.78, 5) is 69.4. The number of hydrogen-bond acceptors (Lipinski definition) is 12. The fourth-order valence-corrected chi connectivity index (χ4v) is 4.38. The molecule has 2 aliphatic rings. The lowest BCUT2D eigenvalue weighted by Crippen LogP contribution is -2.39. The van der Waals surface area contributed by atoms with Gasteiger partial charge in [-0.1, -0.05) is 12.2 Å². The Morgan fingerprint density at radius 3 is 1.47 bits per heavy atom. The van der Waals surface area contributed by atoms with Crippen LogP contribution in [0.25, 0.3) is 0 Å². The highest BCUT2D eigenvalue weighted by molar-refractivity contribution is 5.86. The first-order chi connectivity index (χ1) is 17.1. The molecule has 0 heterocycles. The predicted molar refractivity (Wildman–Crippen MR) is 121 cm³/mol. The van der Waals surface area contributed by atoms with Crippen LogP contribution < -0.4 is 0 Å². The molecule has 12 nitrogen and oxygen atoms in total. The second-order valence-electron chi connectivity index (χ2n) is 8.22. The highest BCUT2D eigenvalue weighted by Crippen LogP contribution is 2.36. The highest BCUT2D eigenvalue weighted by Gasteiger charge is 2.43. The van der Waals surface area contributed by atoms with Crippen molar-refractivity contribution in [2.75, 3.05) is 42.7 Å². The molecule has 0 saturated heterocycles. The van der Waals surface area contributed by atoms with Crippen molar-refractivity contribution < 1.29 is 57.2 Å². The molecule has 2 rings (SSSR count). The van der Waals surface area contributed by atoms with Crippen molar-refractivity contribution in [1.29, 1.82) is 0 Å². The summed E-state index contributed by atoms with van der Waals surface area (Å²) in [7, 11) is 7.61. The second-order valence-corrected chi connectivity index (χ2v) is 8.22. The minimum absolute atomic E-state index is 0.176. The Labute approximate surface area is 209 Å². The van der Waals surface area contributed by atoms with Crippen molar-refractivity contribution in [3.63, 3.8) is 0 Å². The molecule has 0 aromatic heterocycles. The van der Waals surface area contributed by atoms with Crippen LogP contribution in [0.5, 0.6) is 0 Å². The van der Waals surface area contributed by atoms with Gasteiger partial charge in [-0.3, -0.25) is 28.8 Å². The number of esters is 6. The fourth-order valence-electron chi connectivity index (χ4n) is 4.38. The van der Waals surface area contributed by atoms with Gasteiger partial charge in [0.25, 0.3) is 0 Å². The number of hydrogen-bond donors (Lipinski definition) is 0. The van der Waals surface area contributed by atoms with E-state index in [0.717, 1.165) is 0 Å². The summed E-state index contributed by atoms with van der Waals surface area (Å²) < 4.78 is 27.9. The van der Waals surface area contributed by atoms with E-state index in [-0.39, 0.29) is 24.7 Å². The lowest BCUT2D eigenvalue weighted by Gasteiger charge is -2.31. The molecule has 0 N–H and O–H groups in total. The molecule has 12 heteroatoms. The van der Waals surface area contributed by atoms with Gasteiger partial charge < -0.3 is 28.4 Å². The molecule has 202 valence electrons. The van der Waals surface area contributed by atoms with E-state index in [1.165, 1.54) is 48.7 Å². The average molecular weight is 515 g/mol. The van der Waals surface area contributed by atoms with Crippen molar-refractivity contribution in [1.82, 2.24) is 0 Å². The van der Waals surface area contributed by atoms with E-state index in [1.54, 1.807) is 6.08 Å². The van der Waals surface area contributed by atoms with E-state index < -0.39 is 59.4 Å². The van der Waals surface area contributed by atoms with E-state index in [9.17, 15) is 28.8 Å². The van der Waals surface area contributed by atoms with Gasteiger partial charge in [-0.15, -0.1) is 0 Å². The quantitative estimate of drug-likeness (QED) is 0.280. The van der Waals surface area contributed by atoms with Crippen molar-refractivity contribution in [3.05, 3.63) is 12.2 Å². The Bertz CT molecular complexity index is 848. The molecule has 0 radical (unpaired) electrons. The van der Waals surface area contributed by atoms with Gasteiger partial charge >= 0.3 is 35.8 Å². The molecule has 0 spiro atoms. The summed E-state index contributed by atoms with van der Waals surface area (Å²) in [5.74, 6) is -6.30. The minimum Gasteiger partial charge on any atom is -0.469 e. The van der Waals surface area contributed by atoms with Gasteiger partial charge in [0, 0.05) is 0 Å². The van der Waals surface area contributed by atoms with Crippen molar-refractivity contribution >= 4 is 35.8 Å². The van der Waals surface area contributed by atoms with Crippen LogP contribution in [0.1, 0.15) is 25.7 Å². The van der Waals surface area contributed by atoms with Crippen LogP contribution in [0, 0.1) is 35.5 Å². The van der Waals surface area contributed by atoms with Crippen molar-refractivity contribution in [2.45, 2.75) is 25.7 Å². The number of rotatable bonds is 6. The minimum atomic E-state index is -0.725. The molecule has 0 bridgehead atoms. The van der Waals surface area contributed by atoms with E-state index >= 15 is 0 Å². The maximum atomic E-state index is 11.7. The maximum Gasteiger partial charge on any atom is 0.313 e. The largest absolute Gasteiger partial charge is 0.469 e. The van der Waals surface area contributed by atoms with Crippen LogP contribution in [0.15, 0.2) is 12.2 Å². The number of carbonyl (C=O) groups excluding carboxylic acids is 6. The molecule has 6 atom stereocenters. The molecule has 6 unspecified atom stereocenters. The van der Waals surface area contributed by atoms with E-state index in [4.69, 9.17) is 0 Å². The zero-order valence-electron chi connectivity index (χ0n) is 21.3. The third kappa shape index (κ3) is 7.79. The summed E-state index contributed by atoms with van der Waals surface area (Å²) in [6.45, 7) is 0. The molecule has 1 saturated carbocycles. The number of methoxy groups -OCH3 is 6. The Morgan fingerprint density at radius 2 is 0.972 bits per heavy atom. The summed E-state index contributed by atoms with van der Waals surface area (Å²) >= 11 is 0. The van der Waals surface area contributed by atoms with Gasteiger partial charge in [-0.2, -0.15) is 0 Å². The Balaban J connectivity index is 0.000000360. The standard InChI is InChI=1S/C12H18O6.C12H16O6/c2*1-16-10(13)7-4-5-8(11(14)17-2)9(6-7)12(15)18-3/h7-9H,4-6H2,1-3H3;4-5,7-9H,6H2,1-3H3. The first-order valence-corrected chi connectivity index (χ1v) is 11.2. The van der Waals surface area contributed by atoms with Crippen LogP contribution in [0.2, 0.25) is 0 Å².